The molecular weight excluding hydrogens is 200 g/mol. The van der Waals surface area contributed by atoms with Crippen molar-refractivity contribution in [3.63, 3.8) is 0 Å². The van der Waals surface area contributed by atoms with Crippen molar-refractivity contribution in [2.75, 3.05) is 11.9 Å². The fourth-order valence-electron chi connectivity index (χ4n) is 3.09. The first kappa shape index (κ1) is 10.1. The second-order valence-electron chi connectivity index (χ2n) is 5.26. The lowest BCUT2D eigenvalue weighted by molar-refractivity contribution is 0.353. The topological polar surface area (TPSA) is 44.0 Å². The fourth-order valence-corrected chi connectivity index (χ4v) is 3.09. The molecule has 2 aliphatic rings. The number of imidazole rings is 1. The number of nitrogens with zero attached hydrogens (tertiary/aromatic N) is 2. The molecule has 0 spiro atoms. The molecule has 3 heterocycles. The number of nitrogens with one attached hydrogen (secondary N) is 2. The first-order valence-corrected chi connectivity index (χ1v) is 6.23. The van der Waals surface area contributed by atoms with E-state index in [0.29, 0.717) is 6.04 Å². The first-order chi connectivity index (χ1) is 7.72. The van der Waals surface area contributed by atoms with Gasteiger partial charge in [-0.05, 0) is 32.6 Å². The molecule has 0 aliphatic carbocycles. The zero-order chi connectivity index (χ0) is 11.1. The van der Waals surface area contributed by atoms with Crippen LogP contribution in [-0.2, 0) is 0 Å². The van der Waals surface area contributed by atoms with Gasteiger partial charge in [0.1, 0.15) is 0 Å². The van der Waals surface area contributed by atoms with E-state index in [1.54, 1.807) is 0 Å². The van der Waals surface area contributed by atoms with Crippen molar-refractivity contribution in [2.45, 2.75) is 50.7 Å². The molecule has 4 nitrogen and oxygen atoms in total. The largest absolute Gasteiger partial charge is 0.342 e. The maximum atomic E-state index is 4.41. The monoisotopic (exact) mass is 220 g/mol. The molecule has 2 bridgehead atoms. The number of rotatable bonds is 2. The Labute approximate surface area is 96.4 Å². The Morgan fingerprint density at radius 2 is 2.00 bits per heavy atom. The maximum Gasteiger partial charge on any atom is 0.202 e. The minimum Gasteiger partial charge on any atom is -0.342 e. The van der Waals surface area contributed by atoms with Crippen molar-refractivity contribution in [3.05, 3.63) is 11.9 Å². The molecule has 0 amide bonds. The molecule has 0 aromatic carbocycles. The van der Waals surface area contributed by atoms with E-state index in [2.05, 4.69) is 34.2 Å². The van der Waals surface area contributed by atoms with Gasteiger partial charge in [0.2, 0.25) is 5.95 Å². The summed E-state index contributed by atoms with van der Waals surface area (Å²) in [5, 5.41) is 3.67. The highest BCUT2D eigenvalue weighted by Gasteiger charge is 2.35. The molecule has 2 fully saturated rings. The summed E-state index contributed by atoms with van der Waals surface area (Å²) in [4.78, 5) is 10.0. The van der Waals surface area contributed by atoms with Crippen molar-refractivity contribution in [3.8, 4) is 0 Å². The molecule has 2 aliphatic heterocycles. The van der Waals surface area contributed by atoms with Gasteiger partial charge in [-0.2, -0.15) is 0 Å². The summed E-state index contributed by atoms with van der Waals surface area (Å²) in [6, 6.07) is 2.12. The number of H-pyrrole nitrogens is 1. The average Bonchev–Trinajstić information content (AvgIpc) is 2.84. The van der Waals surface area contributed by atoms with Gasteiger partial charge in [-0.3, -0.25) is 0 Å². The van der Waals surface area contributed by atoms with Gasteiger partial charge in [0.25, 0.3) is 0 Å². The van der Waals surface area contributed by atoms with Crippen LogP contribution in [0.3, 0.4) is 0 Å². The first-order valence-electron chi connectivity index (χ1n) is 6.23. The van der Waals surface area contributed by atoms with Gasteiger partial charge in [0.05, 0.1) is 0 Å². The molecule has 16 heavy (non-hydrogen) atoms. The molecule has 0 radical (unpaired) electrons. The second kappa shape index (κ2) is 3.77. The second-order valence-corrected chi connectivity index (χ2v) is 5.26. The Bertz CT molecular complexity index is 361. The Hall–Kier alpha value is -1.03. The highest BCUT2D eigenvalue weighted by atomic mass is 15.3. The van der Waals surface area contributed by atoms with Gasteiger partial charge in [-0.15, -0.1) is 0 Å². The zero-order valence-electron chi connectivity index (χ0n) is 10.0. The van der Waals surface area contributed by atoms with Gasteiger partial charge in [0, 0.05) is 37.1 Å². The van der Waals surface area contributed by atoms with E-state index in [-0.39, 0.29) is 0 Å². The van der Waals surface area contributed by atoms with E-state index < -0.39 is 0 Å². The SMILES string of the molecule is Cc1cnc(N(C)C2CC3CCC(C2)N3)[nH]1. The van der Waals surface area contributed by atoms with Crippen LogP contribution in [0.15, 0.2) is 6.20 Å². The molecule has 1 aromatic heterocycles. The minimum absolute atomic E-state index is 0.643. The third kappa shape index (κ3) is 1.71. The van der Waals surface area contributed by atoms with Crippen LogP contribution in [0.5, 0.6) is 0 Å². The van der Waals surface area contributed by atoms with E-state index >= 15 is 0 Å². The molecule has 1 aromatic rings. The number of aromatic amines is 1. The van der Waals surface area contributed by atoms with Gasteiger partial charge in [-0.1, -0.05) is 0 Å². The molecular formula is C12H20N4. The number of hydrogen-bond donors (Lipinski definition) is 2. The minimum atomic E-state index is 0.643. The number of hydrogen-bond acceptors (Lipinski definition) is 3. The van der Waals surface area contributed by atoms with Crippen LogP contribution in [-0.4, -0.2) is 35.1 Å². The average molecular weight is 220 g/mol. The summed E-state index contributed by atoms with van der Waals surface area (Å²) in [7, 11) is 2.16. The van der Waals surface area contributed by atoms with Crippen molar-refractivity contribution in [2.24, 2.45) is 0 Å². The van der Waals surface area contributed by atoms with Crippen molar-refractivity contribution in [1.82, 2.24) is 15.3 Å². The standard InChI is InChI=1S/C12H20N4/c1-8-7-13-12(14-8)16(2)11-5-9-3-4-10(6-11)15-9/h7,9-11,15H,3-6H2,1-2H3,(H,13,14). The summed E-state index contributed by atoms with van der Waals surface area (Å²) in [5.41, 5.74) is 1.14. The van der Waals surface area contributed by atoms with Crippen molar-refractivity contribution >= 4 is 5.95 Å². The van der Waals surface area contributed by atoms with Crippen molar-refractivity contribution < 1.29 is 0 Å². The molecule has 2 atom stereocenters. The van der Waals surface area contributed by atoms with Gasteiger partial charge >= 0.3 is 0 Å². The molecule has 88 valence electrons. The zero-order valence-corrected chi connectivity index (χ0v) is 10.0. The third-order valence-electron chi connectivity index (χ3n) is 4.02. The number of piperidine rings is 1. The van der Waals surface area contributed by atoms with Crippen LogP contribution in [0.2, 0.25) is 0 Å². The summed E-state index contributed by atoms with van der Waals surface area (Å²) in [6.07, 6.45) is 7.12. The molecule has 0 saturated carbocycles. The van der Waals surface area contributed by atoms with Crippen LogP contribution >= 0.6 is 0 Å². The van der Waals surface area contributed by atoms with Gasteiger partial charge < -0.3 is 15.2 Å². The highest BCUT2D eigenvalue weighted by molar-refractivity contribution is 5.32. The Kier molecular flexibility index (Phi) is 2.39. The predicted molar refractivity (Wildman–Crippen MR) is 64.7 cm³/mol. The molecule has 3 rings (SSSR count). The van der Waals surface area contributed by atoms with E-state index in [4.69, 9.17) is 0 Å². The summed E-state index contributed by atoms with van der Waals surface area (Å²) in [6.45, 7) is 2.05. The van der Waals surface area contributed by atoms with Crippen LogP contribution in [0.4, 0.5) is 5.95 Å². The van der Waals surface area contributed by atoms with Crippen LogP contribution in [0.25, 0.3) is 0 Å². The molecule has 2 N–H and O–H groups in total. The number of aromatic nitrogens is 2. The Balaban J connectivity index is 1.73. The van der Waals surface area contributed by atoms with Crippen LogP contribution < -0.4 is 10.2 Å². The van der Waals surface area contributed by atoms with E-state index in [1.165, 1.54) is 25.7 Å². The number of aryl methyl sites for hydroxylation is 1. The Morgan fingerprint density at radius 3 is 2.56 bits per heavy atom. The summed E-state index contributed by atoms with van der Waals surface area (Å²) >= 11 is 0. The highest BCUT2D eigenvalue weighted by Crippen LogP contribution is 2.30. The van der Waals surface area contributed by atoms with E-state index in [0.717, 1.165) is 23.7 Å². The Morgan fingerprint density at radius 1 is 1.31 bits per heavy atom. The quantitative estimate of drug-likeness (QED) is 0.792. The van der Waals surface area contributed by atoms with Crippen LogP contribution in [0.1, 0.15) is 31.4 Å². The van der Waals surface area contributed by atoms with Crippen LogP contribution in [0, 0.1) is 6.92 Å². The van der Waals surface area contributed by atoms with E-state index in [1.807, 2.05) is 6.20 Å². The van der Waals surface area contributed by atoms with E-state index in [9.17, 15) is 0 Å². The molecule has 2 saturated heterocycles. The summed E-state index contributed by atoms with van der Waals surface area (Å²) in [5.74, 6) is 1.02. The normalized spacial score (nSPS) is 33.0. The lowest BCUT2D eigenvalue weighted by Gasteiger charge is -2.35. The maximum absolute atomic E-state index is 4.41. The predicted octanol–water partition coefficient (Wildman–Crippen LogP) is 1.44. The summed E-state index contributed by atoms with van der Waals surface area (Å²) < 4.78 is 0. The molecule has 2 unspecified atom stereocenters. The molecule has 4 heteroatoms. The fraction of sp³-hybridized carbons (Fsp3) is 0.750. The van der Waals surface area contributed by atoms with Crippen molar-refractivity contribution in [1.29, 1.82) is 0 Å². The smallest absolute Gasteiger partial charge is 0.202 e. The third-order valence-corrected chi connectivity index (χ3v) is 4.02. The number of fused-ring (bicyclic) bond motifs is 2. The number of anilines is 1. The lowest BCUT2D eigenvalue weighted by Crippen LogP contribution is -2.47. The van der Waals surface area contributed by atoms with Gasteiger partial charge in [0.15, 0.2) is 0 Å². The van der Waals surface area contributed by atoms with Gasteiger partial charge in [-0.25, -0.2) is 4.98 Å². The lowest BCUT2D eigenvalue weighted by atomic mass is 9.99.